The number of aliphatic hydroxyl groups is 1. The maximum atomic E-state index is 13.9. The number of benzene rings is 2. The minimum absolute atomic E-state index is 0.00119. The lowest BCUT2D eigenvalue weighted by Gasteiger charge is -2.33. The quantitative estimate of drug-likeness (QED) is 0.185. The molecule has 0 radical (unpaired) electrons. The molecule has 3 aromatic rings. The Labute approximate surface area is 258 Å². The van der Waals surface area contributed by atoms with E-state index in [-0.39, 0.29) is 30.3 Å². The zero-order valence-electron chi connectivity index (χ0n) is 25.7. The minimum Gasteiger partial charge on any atom is -0.453 e. The van der Waals surface area contributed by atoms with Gasteiger partial charge in [0, 0.05) is 17.5 Å². The van der Waals surface area contributed by atoms with Crippen LogP contribution >= 0.6 is 11.6 Å². The van der Waals surface area contributed by atoms with E-state index in [2.05, 4.69) is 34.8 Å². The average molecular weight is 614 g/mol. The third-order valence-electron chi connectivity index (χ3n) is 8.37. The fraction of sp³-hybridized carbons (Fsp3) is 0.531. The molecule has 11 heteroatoms. The van der Waals surface area contributed by atoms with Gasteiger partial charge in [0.2, 0.25) is 5.91 Å². The number of likely N-dealkylation sites (N-methyl/N-ethyl adjacent to an activating group) is 1. The number of carbonyl (C=O) groups excluding carboxylic acids is 2. The number of hydrogen-bond donors (Lipinski definition) is 5. The summed E-state index contributed by atoms with van der Waals surface area (Å²) in [7, 11) is 1.33. The molecule has 2 heterocycles. The van der Waals surface area contributed by atoms with Crippen molar-refractivity contribution in [1.29, 1.82) is 0 Å². The van der Waals surface area contributed by atoms with Crippen molar-refractivity contribution in [3.05, 3.63) is 64.4 Å². The number of carbonyl (C=O) groups is 2. The number of alkyl carbamates (subject to hydrolysis) is 1. The Hall–Kier alpha value is -3.18. The van der Waals surface area contributed by atoms with Crippen LogP contribution in [0.2, 0.25) is 5.02 Å². The van der Waals surface area contributed by atoms with E-state index in [0.29, 0.717) is 35.9 Å². The summed E-state index contributed by atoms with van der Waals surface area (Å²) < 4.78 is 10.8. The topological polar surface area (TPSA) is 138 Å². The SMILES string of the molecule is CCNC(O)[C@H](NC(=O)C1(c2ccc3nc([C@@H](NC(=O)OC)[C@H](c4ccccc4Cl)C(C)C)[nH]c3c2)CCOC1)C(C)C. The standard InChI is InChI=1S/C32H44ClN5O5/c1-7-34-29(39)26(19(4)5)37-30(40)32(14-15-43-17-32)20-12-13-23-24(16-20)36-28(35-23)27(38-31(41)42-6)25(18(2)3)21-10-8-9-11-22(21)33/h8-13,16,18-19,25-27,29,34,39H,7,14-15,17H2,1-6H3,(H,35,36)(H,37,40)(H,38,41)/t25-,26+,27-,29?,32?/m0/s1. The molecule has 1 aliphatic rings. The van der Waals surface area contributed by atoms with Gasteiger partial charge in [-0.25, -0.2) is 9.78 Å². The summed E-state index contributed by atoms with van der Waals surface area (Å²) in [5, 5.41) is 20.4. The molecule has 4 rings (SSSR count). The van der Waals surface area contributed by atoms with Crippen molar-refractivity contribution in [2.75, 3.05) is 26.9 Å². The molecule has 2 unspecified atom stereocenters. The number of nitrogens with one attached hydrogen (secondary N) is 4. The predicted octanol–water partition coefficient (Wildman–Crippen LogP) is 4.78. The van der Waals surface area contributed by atoms with Crippen LogP contribution in [-0.4, -0.2) is 66.2 Å². The van der Waals surface area contributed by atoms with Crippen molar-refractivity contribution in [3.8, 4) is 0 Å². The van der Waals surface area contributed by atoms with Crippen molar-refractivity contribution in [1.82, 2.24) is 25.9 Å². The summed E-state index contributed by atoms with van der Waals surface area (Å²) in [5.74, 6) is 0.222. The van der Waals surface area contributed by atoms with E-state index >= 15 is 0 Å². The molecule has 234 valence electrons. The Morgan fingerprint density at radius 3 is 2.49 bits per heavy atom. The predicted molar refractivity (Wildman–Crippen MR) is 167 cm³/mol. The van der Waals surface area contributed by atoms with Gasteiger partial charge in [-0.3, -0.25) is 10.1 Å². The first-order chi connectivity index (χ1) is 20.5. The first kappa shape index (κ1) is 32.7. The van der Waals surface area contributed by atoms with Gasteiger partial charge in [0.05, 0.1) is 42.2 Å². The highest BCUT2D eigenvalue weighted by Crippen LogP contribution is 2.41. The van der Waals surface area contributed by atoms with Gasteiger partial charge >= 0.3 is 6.09 Å². The smallest absolute Gasteiger partial charge is 0.407 e. The Morgan fingerprint density at radius 1 is 1.14 bits per heavy atom. The number of hydrogen-bond acceptors (Lipinski definition) is 7. The molecule has 1 fully saturated rings. The number of halogens is 1. The molecule has 1 aliphatic heterocycles. The number of aromatic amines is 1. The van der Waals surface area contributed by atoms with E-state index in [9.17, 15) is 14.7 Å². The van der Waals surface area contributed by atoms with Gasteiger partial charge in [0.15, 0.2) is 0 Å². The van der Waals surface area contributed by atoms with E-state index in [4.69, 9.17) is 26.1 Å². The lowest BCUT2D eigenvalue weighted by molar-refractivity contribution is -0.129. The molecule has 0 aliphatic carbocycles. The molecule has 0 bridgehead atoms. The first-order valence-electron chi connectivity index (χ1n) is 14.9. The Bertz CT molecular complexity index is 1400. The van der Waals surface area contributed by atoms with Gasteiger partial charge in [-0.05, 0) is 54.1 Å². The van der Waals surface area contributed by atoms with Crippen LogP contribution < -0.4 is 16.0 Å². The summed E-state index contributed by atoms with van der Waals surface area (Å²) in [6.07, 6.45) is -0.957. The number of methoxy groups -OCH3 is 1. The van der Waals surface area contributed by atoms with E-state index in [1.165, 1.54) is 7.11 Å². The van der Waals surface area contributed by atoms with E-state index in [1.54, 1.807) is 0 Å². The maximum Gasteiger partial charge on any atom is 0.407 e. The first-order valence-corrected chi connectivity index (χ1v) is 15.3. The lowest BCUT2D eigenvalue weighted by Crippen LogP contribution is -2.57. The van der Waals surface area contributed by atoms with Gasteiger partial charge in [-0.2, -0.15) is 0 Å². The fourth-order valence-electron chi connectivity index (χ4n) is 6.00. The highest BCUT2D eigenvalue weighted by molar-refractivity contribution is 6.31. The summed E-state index contributed by atoms with van der Waals surface area (Å²) in [4.78, 5) is 34.7. The van der Waals surface area contributed by atoms with Crippen LogP contribution in [0.3, 0.4) is 0 Å². The second-order valence-electron chi connectivity index (χ2n) is 11.9. The van der Waals surface area contributed by atoms with Crippen molar-refractivity contribution in [3.63, 3.8) is 0 Å². The summed E-state index contributed by atoms with van der Waals surface area (Å²) >= 11 is 6.63. The highest BCUT2D eigenvalue weighted by atomic mass is 35.5. The monoisotopic (exact) mass is 613 g/mol. The number of imidazole rings is 1. The number of aromatic nitrogens is 2. The number of amides is 2. The van der Waals surface area contributed by atoms with Gasteiger partial charge < -0.3 is 30.2 Å². The van der Waals surface area contributed by atoms with Crippen molar-refractivity contribution >= 4 is 34.6 Å². The summed E-state index contributed by atoms with van der Waals surface area (Å²) in [5.41, 5.74) is 2.15. The third kappa shape index (κ3) is 6.98. The number of nitrogens with zero attached hydrogens (tertiary/aromatic N) is 1. The van der Waals surface area contributed by atoms with Gasteiger partial charge in [0.1, 0.15) is 12.1 Å². The number of fused-ring (bicyclic) bond motifs is 1. The Kier molecular flexibility index (Phi) is 10.7. The number of aliphatic hydroxyl groups excluding tert-OH is 1. The molecule has 43 heavy (non-hydrogen) atoms. The molecule has 10 nitrogen and oxygen atoms in total. The highest BCUT2D eigenvalue weighted by Gasteiger charge is 2.45. The molecule has 2 aromatic carbocycles. The second kappa shape index (κ2) is 14.1. The normalized spacial score (nSPS) is 19.8. The van der Waals surface area contributed by atoms with Gasteiger partial charge in [-0.15, -0.1) is 0 Å². The number of ether oxygens (including phenoxy) is 2. The Morgan fingerprint density at radius 2 is 1.88 bits per heavy atom. The van der Waals surface area contributed by atoms with E-state index in [1.807, 2.05) is 63.2 Å². The molecule has 1 saturated heterocycles. The van der Waals surface area contributed by atoms with Crippen LogP contribution in [0, 0.1) is 11.8 Å². The fourth-order valence-corrected chi connectivity index (χ4v) is 6.26. The molecular formula is C32H44ClN5O5. The van der Waals surface area contributed by atoms with Gasteiger partial charge in [-0.1, -0.05) is 70.5 Å². The molecule has 5 N–H and O–H groups in total. The van der Waals surface area contributed by atoms with E-state index < -0.39 is 29.8 Å². The largest absolute Gasteiger partial charge is 0.453 e. The van der Waals surface area contributed by atoms with Gasteiger partial charge in [0.25, 0.3) is 0 Å². The van der Waals surface area contributed by atoms with Crippen LogP contribution in [-0.2, 0) is 19.7 Å². The Balaban J connectivity index is 1.74. The molecule has 0 spiro atoms. The molecule has 0 saturated carbocycles. The third-order valence-corrected chi connectivity index (χ3v) is 8.72. The van der Waals surface area contributed by atoms with Crippen molar-refractivity contribution < 1.29 is 24.2 Å². The zero-order chi connectivity index (χ0) is 31.3. The number of H-pyrrole nitrogens is 1. The maximum absolute atomic E-state index is 13.9. The summed E-state index contributed by atoms with van der Waals surface area (Å²) in [6, 6.07) is 12.2. The minimum atomic E-state index is -0.930. The van der Waals surface area contributed by atoms with E-state index in [0.717, 1.165) is 16.6 Å². The van der Waals surface area contributed by atoms with Crippen LogP contribution in [0.5, 0.6) is 0 Å². The second-order valence-corrected chi connectivity index (χ2v) is 12.3. The van der Waals surface area contributed by atoms with Crippen molar-refractivity contribution in [2.45, 2.75) is 70.7 Å². The van der Waals surface area contributed by atoms with Crippen LogP contribution in [0.1, 0.15) is 70.0 Å². The van der Waals surface area contributed by atoms with Crippen LogP contribution in [0.4, 0.5) is 4.79 Å². The molecular weight excluding hydrogens is 570 g/mol. The lowest BCUT2D eigenvalue weighted by atomic mass is 9.78. The van der Waals surface area contributed by atoms with Crippen molar-refractivity contribution in [2.24, 2.45) is 11.8 Å². The number of rotatable bonds is 12. The zero-order valence-corrected chi connectivity index (χ0v) is 26.5. The van der Waals surface area contributed by atoms with Crippen LogP contribution in [0.15, 0.2) is 42.5 Å². The molecule has 5 atom stereocenters. The molecule has 1 aromatic heterocycles. The summed E-state index contributed by atoms with van der Waals surface area (Å²) in [6.45, 7) is 11.2. The molecule has 2 amide bonds. The average Bonchev–Trinajstić information content (AvgIpc) is 3.64. The van der Waals surface area contributed by atoms with Crippen LogP contribution in [0.25, 0.3) is 11.0 Å².